The molecular formula is C27H19N5O2. The largest absolute Gasteiger partial charge is 0.494 e. The van der Waals surface area contributed by atoms with Gasteiger partial charge in [0.05, 0.1) is 39.7 Å². The Morgan fingerprint density at radius 2 is 1.44 bits per heavy atom. The van der Waals surface area contributed by atoms with Gasteiger partial charge in [0.2, 0.25) is 0 Å². The van der Waals surface area contributed by atoms with Crippen molar-refractivity contribution >= 4 is 55.5 Å². The van der Waals surface area contributed by atoms with Crippen LogP contribution < -0.4 is 10.1 Å². The van der Waals surface area contributed by atoms with E-state index in [1.165, 1.54) is 0 Å². The summed E-state index contributed by atoms with van der Waals surface area (Å²) in [6.07, 6.45) is 3.51. The number of amides is 1. The van der Waals surface area contributed by atoms with Crippen LogP contribution in [0.25, 0.3) is 43.9 Å². The van der Waals surface area contributed by atoms with Crippen molar-refractivity contribution in [3.63, 3.8) is 0 Å². The number of aromatic nitrogens is 4. The molecule has 6 rings (SSSR count). The maximum absolute atomic E-state index is 12.9. The van der Waals surface area contributed by atoms with Crippen molar-refractivity contribution in [1.82, 2.24) is 19.9 Å². The van der Waals surface area contributed by atoms with E-state index in [0.29, 0.717) is 28.9 Å². The molecule has 0 radical (unpaired) electrons. The number of nitrogens with one attached hydrogen (secondary N) is 1. The number of carbonyl (C=O) groups excluding carboxylic acids is 1. The summed E-state index contributed by atoms with van der Waals surface area (Å²) >= 11 is 0. The van der Waals surface area contributed by atoms with Crippen LogP contribution in [0.5, 0.6) is 5.75 Å². The third-order valence-corrected chi connectivity index (χ3v) is 5.70. The number of carbonyl (C=O) groups is 1. The van der Waals surface area contributed by atoms with Gasteiger partial charge in [0.1, 0.15) is 5.75 Å². The fourth-order valence-corrected chi connectivity index (χ4v) is 4.15. The molecule has 1 N–H and O–H groups in total. The Morgan fingerprint density at radius 1 is 0.794 bits per heavy atom. The molecule has 0 atom stereocenters. The summed E-state index contributed by atoms with van der Waals surface area (Å²) in [5.74, 6) is 0.542. The molecule has 0 aliphatic rings. The zero-order chi connectivity index (χ0) is 23.1. The number of pyridine rings is 2. The van der Waals surface area contributed by atoms with Crippen LogP contribution in [0, 0.1) is 0 Å². The molecule has 0 bridgehead atoms. The highest BCUT2D eigenvalue weighted by Crippen LogP contribution is 2.32. The first kappa shape index (κ1) is 20.0. The number of rotatable bonds is 4. The highest BCUT2D eigenvalue weighted by molar-refractivity contribution is 6.21. The minimum atomic E-state index is -0.220. The van der Waals surface area contributed by atoms with Crippen molar-refractivity contribution in [2.45, 2.75) is 6.92 Å². The van der Waals surface area contributed by atoms with E-state index in [-0.39, 0.29) is 5.91 Å². The van der Waals surface area contributed by atoms with Crippen molar-refractivity contribution in [2.24, 2.45) is 0 Å². The van der Waals surface area contributed by atoms with Crippen LogP contribution >= 0.6 is 0 Å². The van der Waals surface area contributed by atoms with Crippen LogP contribution in [0.2, 0.25) is 0 Å². The Kier molecular flexibility index (Phi) is 4.73. The summed E-state index contributed by atoms with van der Waals surface area (Å²) in [6.45, 7) is 2.52. The number of anilines is 1. The van der Waals surface area contributed by atoms with Crippen molar-refractivity contribution in [2.75, 3.05) is 11.9 Å². The molecule has 0 unspecified atom stereocenters. The molecule has 1 amide bonds. The van der Waals surface area contributed by atoms with Crippen molar-refractivity contribution in [1.29, 1.82) is 0 Å². The first-order chi connectivity index (χ1) is 16.7. The molecule has 0 aliphatic carbocycles. The summed E-state index contributed by atoms with van der Waals surface area (Å²) in [4.78, 5) is 31.8. The molecule has 0 aliphatic heterocycles. The molecule has 6 aromatic rings. The molecule has 34 heavy (non-hydrogen) atoms. The standard InChI is InChI=1S/C27H19N5O2/c1-2-34-18-10-8-17(9-11-18)30-27(33)16-7-12-21-22(15-16)32-26-20-6-4-14-29-24(20)23-19(25(26)31-21)5-3-13-28-23/h3-15H,2H2,1H3,(H,30,33). The number of hydrogen-bond donors (Lipinski definition) is 1. The smallest absolute Gasteiger partial charge is 0.255 e. The van der Waals surface area contributed by atoms with E-state index in [0.717, 1.165) is 38.6 Å². The van der Waals surface area contributed by atoms with Crippen LogP contribution in [0.1, 0.15) is 17.3 Å². The molecule has 3 heterocycles. The highest BCUT2D eigenvalue weighted by Gasteiger charge is 2.15. The predicted octanol–water partition coefficient (Wildman–Crippen LogP) is 5.53. The van der Waals surface area contributed by atoms with E-state index in [2.05, 4.69) is 15.3 Å². The quantitative estimate of drug-likeness (QED) is 0.283. The lowest BCUT2D eigenvalue weighted by molar-refractivity contribution is 0.102. The maximum atomic E-state index is 12.9. The number of ether oxygens (including phenoxy) is 1. The van der Waals surface area contributed by atoms with Crippen molar-refractivity contribution in [3.8, 4) is 5.75 Å². The van der Waals surface area contributed by atoms with Gasteiger partial charge >= 0.3 is 0 Å². The molecule has 7 nitrogen and oxygen atoms in total. The van der Waals surface area contributed by atoms with E-state index in [9.17, 15) is 4.79 Å². The third-order valence-electron chi connectivity index (χ3n) is 5.70. The summed E-state index contributed by atoms with van der Waals surface area (Å²) in [7, 11) is 0. The summed E-state index contributed by atoms with van der Waals surface area (Å²) in [5, 5.41) is 4.70. The second-order valence-electron chi connectivity index (χ2n) is 7.83. The Bertz CT molecular complexity index is 1710. The van der Waals surface area contributed by atoms with Gasteiger partial charge in [0, 0.05) is 34.4 Å². The SMILES string of the molecule is CCOc1ccc(NC(=O)c2ccc3nc4c5cccnc5c5ncccc5c4nc3c2)cc1. The van der Waals surface area contributed by atoms with Gasteiger partial charge in [0.15, 0.2) is 0 Å². The molecule has 0 saturated carbocycles. The van der Waals surface area contributed by atoms with Gasteiger partial charge in [-0.05, 0) is 73.7 Å². The average molecular weight is 445 g/mol. The molecule has 0 saturated heterocycles. The zero-order valence-electron chi connectivity index (χ0n) is 18.3. The van der Waals surface area contributed by atoms with Gasteiger partial charge in [-0.25, -0.2) is 9.97 Å². The molecule has 3 aromatic heterocycles. The minimum absolute atomic E-state index is 0.220. The second kappa shape index (κ2) is 8.04. The van der Waals surface area contributed by atoms with Gasteiger partial charge in [0.25, 0.3) is 5.91 Å². The van der Waals surface area contributed by atoms with E-state index in [1.54, 1.807) is 24.5 Å². The molecule has 0 spiro atoms. The fraction of sp³-hybridized carbons (Fsp3) is 0.0741. The Labute approximate surface area is 194 Å². The lowest BCUT2D eigenvalue weighted by Gasteiger charge is -2.10. The molecule has 164 valence electrons. The van der Waals surface area contributed by atoms with E-state index < -0.39 is 0 Å². The van der Waals surface area contributed by atoms with Crippen molar-refractivity contribution < 1.29 is 9.53 Å². The van der Waals surface area contributed by atoms with Crippen LogP contribution in [0.3, 0.4) is 0 Å². The fourth-order valence-electron chi connectivity index (χ4n) is 4.15. The first-order valence-electron chi connectivity index (χ1n) is 11.0. The van der Waals surface area contributed by atoms with Gasteiger partial charge in [-0.2, -0.15) is 0 Å². The van der Waals surface area contributed by atoms with Crippen molar-refractivity contribution in [3.05, 3.63) is 84.7 Å². The molecule has 3 aromatic carbocycles. The number of benzene rings is 3. The van der Waals surface area contributed by atoms with Gasteiger partial charge in [-0.3, -0.25) is 14.8 Å². The first-order valence-corrected chi connectivity index (χ1v) is 11.0. The monoisotopic (exact) mass is 445 g/mol. The molecular weight excluding hydrogens is 426 g/mol. The number of hydrogen-bond acceptors (Lipinski definition) is 6. The summed E-state index contributed by atoms with van der Waals surface area (Å²) < 4.78 is 5.45. The predicted molar refractivity (Wildman–Crippen MR) is 133 cm³/mol. The molecule has 7 heteroatoms. The normalized spacial score (nSPS) is 11.3. The Hall–Kier alpha value is -4.65. The van der Waals surface area contributed by atoms with E-state index in [4.69, 9.17) is 14.7 Å². The van der Waals surface area contributed by atoms with Gasteiger partial charge in [-0.15, -0.1) is 0 Å². The lowest BCUT2D eigenvalue weighted by Crippen LogP contribution is -2.12. The third kappa shape index (κ3) is 3.34. The highest BCUT2D eigenvalue weighted by atomic mass is 16.5. The molecule has 0 fully saturated rings. The number of nitrogens with zero attached hydrogens (tertiary/aromatic N) is 4. The topological polar surface area (TPSA) is 89.9 Å². The minimum Gasteiger partial charge on any atom is -0.494 e. The lowest BCUT2D eigenvalue weighted by atomic mass is 10.1. The zero-order valence-corrected chi connectivity index (χ0v) is 18.3. The van der Waals surface area contributed by atoms with Crippen LogP contribution in [0.4, 0.5) is 5.69 Å². The Balaban J connectivity index is 1.45. The average Bonchev–Trinajstić information content (AvgIpc) is 2.89. The van der Waals surface area contributed by atoms with Crippen LogP contribution in [-0.4, -0.2) is 32.4 Å². The maximum Gasteiger partial charge on any atom is 0.255 e. The number of fused-ring (bicyclic) bond motifs is 7. The van der Waals surface area contributed by atoms with Gasteiger partial charge in [-0.1, -0.05) is 0 Å². The Morgan fingerprint density at radius 3 is 2.09 bits per heavy atom. The summed E-state index contributed by atoms with van der Waals surface area (Å²) in [6, 6.07) is 20.4. The van der Waals surface area contributed by atoms with Crippen LogP contribution in [0.15, 0.2) is 79.1 Å². The summed E-state index contributed by atoms with van der Waals surface area (Å²) in [5.41, 5.74) is 5.62. The van der Waals surface area contributed by atoms with Crippen LogP contribution in [-0.2, 0) is 0 Å². The van der Waals surface area contributed by atoms with Gasteiger partial charge < -0.3 is 10.1 Å². The van der Waals surface area contributed by atoms with E-state index in [1.807, 2.05) is 61.5 Å². The second-order valence-corrected chi connectivity index (χ2v) is 7.83. The van der Waals surface area contributed by atoms with E-state index >= 15 is 0 Å².